The summed E-state index contributed by atoms with van der Waals surface area (Å²) in [4.78, 5) is 13.2. The summed E-state index contributed by atoms with van der Waals surface area (Å²) < 4.78 is 0. The Morgan fingerprint density at radius 3 is 2.57 bits per heavy atom. The first kappa shape index (κ1) is 11.5. The van der Waals surface area contributed by atoms with Gasteiger partial charge in [0.15, 0.2) is 0 Å². The van der Waals surface area contributed by atoms with E-state index in [1.807, 2.05) is 4.90 Å². The first-order valence-corrected chi connectivity index (χ1v) is 5.73. The number of likely N-dealkylation sites (tertiary alicyclic amines) is 1. The van der Waals surface area contributed by atoms with Crippen LogP contribution in [0.25, 0.3) is 0 Å². The summed E-state index contributed by atoms with van der Waals surface area (Å²) in [7, 11) is 0. The highest BCUT2D eigenvalue weighted by molar-refractivity contribution is 5.73. The molecule has 1 heterocycles. The molecule has 0 aromatic rings. The van der Waals surface area contributed by atoms with Gasteiger partial charge >= 0.3 is 0 Å². The Morgan fingerprint density at radius 2 is 2.14 bits per heavy atom. The van der Waals surface area contributed by atoms with Gasteiger partial charge in [0.05, 0.1) is 0 Å². The average Bonchev–Trinajstić information content (AvgIpc) is 2.51. The van der Waals surface area contributed by atoms with Crippen molar-refractivity contribution in [3.63, 3.8) is 0 Å². The Labute approximate surface area is 87.7 Å². The van der Waals surface area contributed by atoms with E-state index in [1.54, 1.807) is 6.92 Å². The fourth-order valence-electron chi connectivity index (χ4n) is 2.53. The number of hydrogen-bond donors (Lipinski definition) is 0. The molecule has 82 valence electrons. The smallest absolute Gasteiger partial charge is 0.219 e. The quantitative estimate of drug-likeness (QED) is 0.681. The van der Waals surface area contributed by atoms with Crippen molar-refractivity contribution in [1.29, 1.82) is 0 Å². The van der Waals surface area contributed by atoms with Crippen LogP contribution in [0.1, 0.15) is 47.0 Å². The van der Waals surface area contributed by atoms with Gasteiger partial charge in [0.25, 0.3) is 0 Å². The van der Waals surface area contributed by atoms with E-state index < -0.39 is 0 Å². The minimum absolute atomic E-state index is 0.236. The molecule has 1 amide bonds. The fourth-order valence-corrected chi connectivity index (χ4v) is 2.53. The van der Waals surface area contributed by atoms with Crippen LogP contribution in [-0.4, -0.2) is 23.9 Å². The van der Waals surface area contributed by atoms with Gasteiger partial charge in [-0.2, -0.15) is 0 Å². The molecule has 0 spiro atoms. The Kier molecular flexibility index (Phi) is 3.57. The lowest BCUT2D eigenvalue weighted by Gasteiger charge is -2.31. The van der Waals surface area contributed by atoms with Crippen LogP contribution in [0, 0.1) is 11.3 Å². The summed E-state index contributed by atoms with van der Waals surface area (Å²) in [6, 6.07) is 0. The van der Waals surface area contributed by atoms with Gasteiger partial charge in [-0.05, 0) is 24.2 Å². The Hall–Kier alpha value is -0.530. The molecule has 2 nitrogen and oxygen atoms in total. The third-order valence-electron chi connectivity index (χ3n) is 3.63. The lowest BCUT2D eigenvalue weighted by Crippen LogP contribution is -2.30. The molecule has 0 radical (unpaired) electrons. The summed E-state index contributed by atoms with van der Waals surface area (Å²) in [6.07, 6.45) is 3.69. The van der Waals surface area contributed by atoms with Crippen LogP contribution in [0.3, 0.4) is 0 Å². The highest BCUT2D eigenvalue weighted by atomic mass is 16.2. The van der Waals surface area contributed by atoms with Crippen LogP contribution in [0.15, 0.2) is 0 Å². The second kappa shape index (κ2) is 4.33. The van der Waals surface area contributed by atoms with Crippen LogP contribution >= 0.6 is 0 Å². The molecule has 1 saturated heterocycles. The zero-order valence-electron chi connectivity index (χ0n) is 9.97. The van der Waals surface area contributed by atoms with E-state index in [2.05, 4.69) is 20.8 Å². The normalized spacial score (nSPS) is 22.9. The van der Waals surface area contributed by atoms with Crippen molar-refractivity contribution < 1.29 is 4.79 Å². The molecule has 1 rings (SSSR count). The maximum absolute atomic E-state index is 11.2. The van der Waals surface area contributed by atoms with Gasteiger partial charge in [0.2, 0.25) is 5.91 Å². The molecule has 2 heteroatoms. The Morgan fingerprint density at radius 1 is 1.50 bits per heavy atom. The minimum atomic E-state index is 0.236. The van der Waals surface area contributed by atoms with Crippen molar-refractivity contribution in [2.45, 2.75) is 47.0 Å². The van der Waals surface area contributed by atoms with Crippen molar-refractivity contribution in [1.82, 2.24) is 4.90 Å². The average molecular weight is 197 g/mol. The van der Waals surface area contributed by atoms with E-state index in [1.165, 1.54) is 19.3 Å². The van der Waals surface area contributed by atoms with Gasteiger partial charge in [0.1, 0.15) is 0 Å². The maximum atomic E-state index is 11.2. The summed E-state index contributed by atoms with van der Waals surface area (Å²) >= 11 is 0. The number of rotatable bonds is 3. The highest BCUT2D eigenvalue weighted by Gasteiger charge is 2.34. The highest BCUT2D eigenvalue weighted by Crippen LogP contribution is 2.37. The zero-order valence-corrected chi connectivity index (χ0v) is 9.97. The Bertz CT molecular complexity index is 210. The first-order chi connectivity index (χ1) is 6.47. The van der Waals surface area contributed by atoms with Crippen LogP contribution < -0.4 is 0 Å². The SMILES string of the molecule is CCCC(C)(C)C1CCN(C(C)=O)C1. The van der Waals surface area contributed by atoms with Crippen molar-refractivity contribution >= 4 is 5.91 Å². The van der Waals surface area contributed by atoms with Crippen molar-refractivity contribution in [3.8, 4) is 0 Å². The third kappa shape index (κ3) is 2.49. The molecular formula is C12H23NO. The van der Waals surface area contributed by atoms with Gasteiger partial charge in [-0.1, -0.05) is 27.2 Å². The van der Waals surface area contributed by atoms with E-state index in [4.69, 9.17) is 0 Å². The van der Waals surface area contributed by atoms with E-state index in [9.17, 15) is 4.79 Å². The second-order valence-corrected chi connectivity index (χ2v) is 5.19. The predicted molar refractivity (Wildman–Crippen MR) is 59.1 cm³/mol. The van der Waals surface area contributed by atoms with E-state index >= 15 is 0 Å². The van der Waals surface area contributed by atoms with E-state index in [-0.39, 0.29) is 5.91 Å². The summed E-state index contributed by atoms with van der Waals surface area (Å²) in [6.45, 7) is 10.5. The zero-order chi connectivity index (χ0) is 10.8. The van der Waals surface area contributed by atoms with Crippen molar-refractivity contribution in [2.75, 3.05) is 13.1 Å². The molecule has 0 N–H and O–H groups in total. The van der Waals surface area contributed by atoms with Crippen LogP contribution in [-0.2, 0) is 4.79 Å². The number of carbonyl (C=O) groups is 1. The fraction of sp³-hybridized carbons (Fsp3) is 0.917. The van der Waals surface area contributed by atoms with Crippen molar-refractivity contribution in [3.05, 3.63) is 0 Å². The van der Waals surface area contributed by atoms with Crippen LogP contribution in [0.5, 0.6) is 0 Å². The van der Waals surface area contributed by atoms with E-state index in [0.29, 0.717) is 11.3 Å². The number of hydrogen-bond acceptors (Lipinski definition) is 1. The predicted octanol–water partition coefficient (Wildman–Crippen LogP) is 2.68. The molecular weight excluding hydrogens is 174 g/mol. The lowest BCUT2D eigenvalue weighted by molar-refractivity contribution is -0.128. The molecule has 1 fully saturated rings. The maximum Gasteiger partial charge on any atom is 0.219 e. The minimum Gasteiger partial charge on any atom is -0.343 e. The summed E-state index contributed by atoms with van der Waals surface area (Å²) in [5.74, 6) is 0.936. The molecule has 1 unspecified atom stereocenters. The second-order valence-electron chi connectivity index (χ2n) is 5.19. The largest absolute Gasteiger partial charge is 0.343 e. The molecule has 0 bridgehead atoms. The van der Waals surface area contributed by atoms with Gasteiger partial charge in [-0.15, -0.1) is 0 Å². The molecule has 0 saturated carbocycles. The summed E-state index contributed by atoms with van der Waals surface area (Å²) in [5.41, 5.74) is 0.402. The van der Waals surface area contributed by atoms with E-state index in [0.717, 1.165) is 13.1 Å². The number of nitrogens with zero attached hydrogens (tertiary/aromatic N) is 1. The topological polar surface area (TPSA) is 20.3 Å². The molecule has 1 aliphatic heterocycles. The van der Waals surface area contributed by atoms with Gasteiger partial charge < -0.3 is 4.90 Å². The molecule has 1 aliphatic rings. The van der Waals surface area contributed by atoms with Crippen LogP contribution in [0.4, 0.5) is 0 Å². The summed E-state index contributed by atoms with van der Waals surface area (Å²) in [5, 5.41) is 0. The van der Waals surface area contributed by atoms with Gasteiger partial charge in [-0.25, -0.2) is 0 Å². The Balaban J connectivity index is 2.52. The number of carbonyl (C=O) groups excluding carboxylic acids is 1. The number of amides is 1. The molecule has 1 atom stereocenters. The van der Waals surface area contributed by atoms with Crippen molar-refractivity contribution in [2.24, 2.45) is 11.3 Å². The van der Waals surface area contributed by atoms with Gasteiger partial charge in [0, 0.05) is 20.0 Å². The lowest BCUT2D eigenvalue weighted by atomic mass is 9.75. The van der Waals surface area contributed by atoms with Gasteiger partial charge in [-0.3, -0.25) is 4.79 Å². The first-order valence-electron chi connectivity index (χ1n) is 5.73. The molecule has 0 aliphatic carbocycles. The standard InChI is InChI=1S/C12H23NO/c1-5-7-12(3,4)11-6-8-13(9-11)10(2)14/h11H,5-9H2,1-4H3. The monoisotopic (exact) mass is 197 g/mol. The van der Waals surface area contributed by atoms with Crippen LogP contribution in [0.2, 0.25) is 0 Å². The molecule has 0 aromatic heterocycles. The molecule has 14 heavy (non-hydrogen) atoms. The molecule has 0 aromatic carbocycles. The third-order valence-corrected chi connectivity index (χ3v) is 3.63.